The van der Waals surface area contributed by atoms with Crippen LogP contribution in [0.15, 0.2) is 36.5 Å². The predicted molar refractivity (Wildman–Crippen MR) is 175 cm³/mol. The van der Waals surface area contributed by atoms with Crippen LogP contribution < -0.4 is 10.6 Å². The lowest BCUT2D eigenvalue weighted by molar-refractivity contribution is -0.142. The molecule has 0 bridgehead atoms. The van der Waals surface area contributed by atoms with Crippen LogP contribution in [0.5, 0.6) is 0 Å². The molecule has 4 aliphatic rings. The van der Waals surface area contributed by atoms with E-state index in [1.165, 1.54) is 12.8 Å². The zero-order valence-electron chi connectivity index (χ0n) is 26.8. The van der Waals surface area contributed by atoms with Gasteiger partial charge < -0.3 is 30.1 Å². The lowest BCUT2D eigenvalue weighted by Crippen LogP contribution is -2.52. The number of pyridine rings is 1. The maximum absolute atomic E-state index is 13.9. The lowest BCUT2D eigenvalue weighted by atomic mass is 9.79. The summed E-state index contributed by atoms with van der Waals surface area (Å²) >= 11 is 0. The van der Waals surface area contributed by atoms with Crippen LogP contribution in [0.4, 0.5) is 15.3 Å². The average molecular weight is 619 g/mol. The van der Waals surface area contributed by atoms with Gasteiger partial charge in [-0.2, -0.15) is 0 Å². The minimum Gasteiger partial charge on any atom is -0.436 e. The Morgan fingerprint density at radius 3 is 2.36 bits per heavy atom. The van der Waals surface area contributed by atoms with Crippen LogP contribution in [0, 0.1) is 25.7 Å². The van der Waals surface area contributed by atoms with E-state index in [2.05, 4.69) is 21.7 Å². The fourth-order valence-electron chi connectivity index (χ4n) is 7.57. The van der Waals surface area contributed by atoms with Gasteiger partial charge in [-0.05, 0) is 113 Å². The standard InChI is InChI=1S/C35H48N6O4.H2/c1-24-21-29(37-23-25(24)2)22-32(33(42)39-16-9-27(10-17-39)26-7-14-36-15-8-26)45-35(44)40-18-12-30(13-19-40)41-20-11-28-5-3-4-6-31(28)38-34(41)43;/h3-6,21,23,26-27,30,32,36H,7-20,22H2,1-2H3,(H,38,43);1H/t32-;/m1./s1. The molecule has 10 heteroatoms. The minimum atomic E-state index is -0.921. The second-order valence-electron chi connectivity index (χ2n) is 13.3. The molecule has 0 saturated carbocycles. The molecule has 45 heavy (non-hydrogen) atoms. The molecule has 1 atom stereocenters. The number of nitrogens with zero attached hydrogens (tertiary/aromatic N) is 4. The SMILES string of the molecule is Cc1cnc(C[C@@H](OC(=O)N2CCC(N3CCc4ccccc4NC3=O)CC2)C(=O)N2CCC(C3CCNCC3)CC2)cc1C.[HH]. The molecular formula is C35H50N6O4. The number of aryl methyl sites for hydroxylation is 2. The Kier molecular flexibility index (Phi) is 9.88. The van der Waals surface area contributed by atoms with Gasteiger partial charge in [0.05, 0.1) is 0 Å². The van der Waals surface area contributed by atoms with Gasteiger partial charge in [-0.25, -0.2) is 9.59 Å². The van der Waals surface area contributed by atoms with E-state index in [4.69, 9.17) is 4.74 Å². The summed E-state index contributed by atoms with van der Waals surface area (Å²) in [6.07, 6.45) is 7.25. The molecule has 3 saturated heterocycles. The molecule has 4 amide bonds. The van der Waals surface area contributed by atoms with Crippen molar-refractivity contribution in [1.82, 2.24) is 25.0 Å². The third-order valence-electron chi connectivity index (χ3n) is 10.5. The average Bonchev–Trinajstić information content (AvgIpc) is 3.24. The summed E-state index contributed by atoms with van der Waals surface area (Å²) in [7, 11) is 0. The topological polar surface area (TPSA) is 107 Å². The number of anilines is 1. The second kappa shape index (κ2) is 14.2. The summed E-state index contributed by atoms with van der Waals surface area (Å²) in [5.41, 5.74) is 4.95. The number of rotatable bonds is 6. The first-order valence-corrected chi connectivity index (χ1v) is 16.9. The van der Waals surface area contributed by atoms with E-state index < -0.39 is 12.2 Å². The normalized spacial score (nSPS) is 21.1. The third kappa shape index (κ3) is 7.43. The van der Waals surface area contributed by atoms with Crippen molar-refractivity contribution in [3.05, 3.63) is 58.9 Å². The fourth-order valence-corrected chi connectivity index (χ4v) is 7.57. The molecule has 244 valence electrons. The number of amides is 4. The van der Waals surface area contributed by atoms with Gasteiger partial charge in [0, 0.05) is 64.2 Å². The Labute approximate surface area is 268 Å². The van der Waals surface area contributed by atoms with E-state index in [0.717, 1.165) is 66.3 Å². The molecule has 5 heterocycles. The molecule has 1 aromatic carbocycles. The molecule has 0 radical (unpaired) electrons. The number of carbonyl (C=O) groups excluding carboxylic acids is 3. The van der Waals surface area contributed by atoms with E-state index in [0.29, 0.717) is 51.5 Å². The van der Waals surface area contributed by atoms with E-state index >= 15 is 0 Å². The molecule has 1 aromatic heterocycles. The Hall–Kier alpha value is -3.66. The van der Waals surface area contributed by atoms with Crippen LogP contribution in [0.1, 0.15) is 62.3 Å². The molecule has 10 nitrogen and oxygen atoms in total. The summed E-state index contributed by atoms with van der Waals surface area (Å²) in [5, 5.41) is 6.51. The zero-order chi connectivity index (χ0) is 31.3. The molecule has 0 unspecified atom stereocenters. The molecule has 2 aromatic rings. The number of fused-ring (bicyclic) bond motifs is 1. The van der Waals surface area contributed by atoms with E-state index in [1.54, 1.807) is 4.90 Å². The number of ether oxygens (including phenoxy) is 1. The number of urea groups is 1. The number of hydrogen-bond acceptors (Lipinski definition) is 6. The minimum absolute atomic E-state index is 0. The first-order chi connectivity index (χ1) is 21.9. The highest BCUT2D eigenvalue weighted by Crippen LogP contribution is 2.31. The molecule has 0 aliphatic carbocycles. The van der Waals surface area contributed by atoms with Crippen LogP contribution in [-0.4, -0.2) is 95.7 Å². The largest absolute Gasteiger partial charge is 0.436 e. The Morgan fingerprint density at radius 1 is 0.933 bits per heavy atom. The zero-order valence-corrected chi connectivity index (χ0v) is 26.8. The van der Waals surface area contributed by atoms with Crippen molar-refractivity contribution in [2.24, 2.45) is 11.8 Å². The number of likely N-dealkylation sites (tertiary alicyclic amines) is 2. The van der Waals surface area contributed by atoms with Gasteiger partial charge >= 0.3 is 12.1 Å². The summed E-state index contributed by atoms with van der Waals surface area (Å²) < 4.78 is 6.04. The molecule has 6 rings (SSSR count). The van der Waals surface area contributed by atoms with Crippen molar-refractivity contribution in [3.8, 4) is 0 Å². The molecule has 4 aliphatic heterocycles. The summed E-state index contributed by atoms with van der Waals surface area (Å²) in [6, 6.07) is 9.87. The van der Waals surface area contributed by atoms with Gasteiger partial charge in [0.15, 0.2) is 6.10 Å². The van der Waals surface area contributed by atoms with Crippen molar-refractivity contribution in [3.63, 3.8) is 0 Å². The van der Waals surface area contributed by atoms with E-state index in [1.807, 2.05) is 54.1 Å². The summed E-state index contributed by atoms with van der Waals surface area (Å²) in [5.74, 6) is 1.26. The van der Waals surface area contributed by atoms with Crippen LogP contribution in [0.25, 0.3) is 0 Å². The lowest BCUT2D eigenvalue weighted by Gasteiger charge is -2.39. The summed E-state index contributed by atoms with van der Waals surface area (Å²) in [6.45, 7) is 9.22. The number of benzene rings is 1. The first-order valence-electron chi connectivity index (χ1n) is 16.9. The van der Waals surface area contributed by atoms with Gasteiger partial charge in [0.2, 0.25) is 0 Å². The number of nitrogens with one attached hydrogen (secondary N) is 2. The molecule has 2 N–H and O–H groups in total. The number of para-hydroxylation sites is 1. The van der Waals surface area contributed by atoms with Crippen molar-refractivity contribution < 1.29 is 20.5 Å². The Bertz CT molecular complexity index is 1370. The van der Waals surface area contributed by atoms with Crippen molar-refractivity contribution in [1.29, 1.82) is 0 Å². The van der Waals surface area contributed by atoms with Crippen molar-refractivity contribution in [2.75, 3.05) is 51.1 Å². The molecule has 3 fully saturated rings. The Morgan fingerprint density at radius 2 is 1.62 bits per heavy atom. The molecular weight excluding hydrogens is 568 g/mol. The van der Waals surface area contributed by atoms with Crippen molar-refractivity contribution in [2.45, 2.75) is 77.4 Å². The molecule has 0 spiro atoms. The monoisotopic (exact) mass is 618 g/mol. The third-order valence-corrected chi connectivity index (χ3v) is 10.5. The second-order valence-corrected chi connectivity index (χ2v) is 13.3. The van der Waals surface area contributed by atoms with Crippen LogP contribution >= 0.6 is 0 Å². The van der Waals surface area contributed by atoms with E-state index in [9.17, 15) is 14.4 Å². The number of carbonyl (C=O) groups is 3. The van der Waals surface area contributed by atoms with Crippen LogP contribution in [0.3, 0.4) is 0 Å². The highest BCUT2D eigenvalue weighted by molar-refractivity contribution is 5.91. The highest BCUT2D eigenvalue weighted by atomic mass is 16.6. The van der Waals surface area contributed by atoms with Gasteiger partial charge in [-0.3, -0.25) is 9.78 Å². The quantitative estimate of drug-likeness (QED) is 0.483. The maximum atomic E-state index is 13.9. The van der Waals surface area contributed by atoms with Gasteiger partial charge in [-0.1, -0.05) is 18.2 Å². The Balaban J connectivity index is 0.00000417. The van der Waals surface area contributed by atoms with Crippen molar-refractivity contribution >= 4 is 23.7 Å². The number of hydrogen-bond donors (Lipinski definition) is 2. The van der Waals surface area contributed by atoms with Gasteiger partial charge in [0.1, 0.15) is 0 Å². The fraction of sp³-hybridized carbons (Fsp3) is 0.600. The van der Waals surface area contributed by atoms with Gasteiger partial charge in [-0.15, -0.1) is 0 Å². The smallest absolute Gasteiger partial charge is 0.410 e. The van der Waals surface area contributed by atoms with Gasteiger partial charge in [0.25, 0.3) is 5.91 Å². The highest BCUT2D eigenvalue weighted by Gasteiger charge is 2.36. The van der Waals surface area contributed by atoms with Crippen LogP contribution in [0.2, 0.25) is 0 Å². The first kappa shape index (κ1) is 31.3. The number of piperidine rings is 3. The number of aromatic nitrogens is 1. The van der Waals surface area contributed by atoms with Crippen LogP contribution in [-0.2, 0) is 22.4 Å². The predicted octanol–water partition coefficient (Wildman–Crippen LogP) is 4.78. The van der Waals surface area contributed by atoms with E-state index in [-0.39, 0.29) is 25.8 Å². The maximum Gasteiger partial charge on any atom is 0.410 e. The summed E-state index contributed by atoms with van der Waals surface area (Å²) in [4.78, 5) is 50.6.